The molecule has 19 heavy (non-hydrogen) atoms. The highest BCUT2D eigenvalue weighted by molar-refractivity contribution is 5.85. The molecule has 3 rings (SSSR count). The second-order valence-corrected chi connectivity index (χ2v) is 6.15. The molecular weight excluding hydrogens is 264 g/mol. The number of halogens is 1. The van der Waals surface area contributed by atoms with E-state index in [4.69, 9.17) is 10.5 Å². The molecule has 3 unspecified atom stereocenters. The Bertz CT molecular complexity index is 321. The summed E-state index contributed by atoms with van der Waals surface area (Å²) in [6.45, 7) is 3.35. The average Bonchev–Trinajstić information content (AvgIpc) is 2.84. The molecular formula is C14H25ClN2O2. The molecule has 3 fully saturated rings. The van der Waals surface area contributed by atoms with Crippen molar-refractivity contribution < 1.29 is 9.53 Å². The number of fused-ring (bicyclic) bond motifs is 1. The second-order valence-electron chi connectivity index (χ2n) is 6.15. The number of nitrogens with two attached hydrogens (primary N) is 1. The zero-order chi connectivity index (χ0) is 12.5. The maximum Gasteiger partial charge on any atom is 0.225 e. The van der Waals surface area contributed by atoms with Crippen LogP contribution in [0.4, 0.5) is 0 Å². The van der Waals surface area contributed by atoms with E-state index in [-0.39, 0.29) is 18.3 Å². The minimum absolute atomic E-state index is 0. The third kappa shape index (κ3) is 3.06. The average molecular weight is 289 g/mol. The van der Waals surface area contributed by atoms with Gasteiger partial charge in [-0.05, 0) is 37.5 Å². The maximum absolute atomic E-state index is 12.5. The van der Waals surface area contributed by atoms with Crippen molar-refractivity contribution >= 4 is 18.3 Å². The lowest BCUT2D eigenvalue weighted by atomic mass is 9.78. The molecule has 2 saturated heterocycles. The van der Waals surface area contributed by atoms with E-state index >= 15 is 0 Å². The van der Waals surface area contributed by atoms with Crippen LogP contribution < -0.4 is 5.73 Å². The molecule has 2 aliphatic heterocycles. The summed E-state index contributed by atoms with van der Waals surface area (Å²) in [7, 11) is 0. The van der Waals surface area contributed by atoms with Crippen LogP contribution in [0.2, 0.25) is 0 Å². The van der Waals surface area contributed by atoms with Crippen molar-refractivity contribution in [1.82, 2.24) is 4.90 Å². The Morgan fingerprint density at radius 2 is 1.84 bits per heavy atom. The fraction of sp³-hybridized carbons (Fsp3) is 0.929. The molecule has 3 atom stereocenters. The fourth-order valence-electron chi connectivity index (χ4n) is 3.90. The third-order valence-corrected chi connectivity index (χ3v) is 5.04. The van der Waals surface area contributed by atoms with Crippen molar-refractivity contribution in [2.24, 2.45) is 23.5 Å². The Balaban J connectivity index is 0.00000133. The van der Waals surface area contributed by atoms with Gasteiger partial charge in [0.05, 0.1) is 0 Å². The van der Waals surface area contributed by atoms with Gasteiger partial charge in [0, 0.05) is 38.3 Å². The predicted molar refractivity (Wildman–Crippen MR) is 76.2 cm³/mol. The van der Waals surface area contributed by atoms with Crippen molar-refractivity contribution in [3.8, 4) is 0 Å². The van der Waals surface area contributed by atoms with Gasteiger partial charge in [-0.25, -0.2) is 0 Å². The molecule has 0 aromatic heterocycles. The van der Waals surface area contributed by atoms with Crippen LogP contribution in [-0.4, -0.2) is 43.2 Å². The first-order chi connectivity index (χ1) is 8.75. The van der Waals surface area contributed by atoms with Crippen LogP contribution in [0.15, 0.2) is 0 Å². The lowest BCUT2D eigenvalue weighted by molar-refractivity contribution is -0.137. The highest BCUT2D eigenvalue weighted by Gasteiger charge is 2.41. The molecule has 4 nitrogen and oxygen atoms in total. The molecule has 1 amide bonds. The molecule has 0 radical (unpaired) electrons. The van der Waals surface area contributed by atoms with Gasteiger partial charge in [0.2, 0.25) is 5.91 Å². The van der Waals surface area contributed by atoms with Gasteiger partial charge >= 0.3 is 0 Å². The minimum Gasteiger partial charge on any atom is -0.381 e. The number of amides is 1. The topological polar surface area (TPSA) is 55.6 Å². The normalized spacial score (nSPS) is 35.6. The van der Waals surface area contributed by atoms with E-state index in [0.29, 0.717) is 23.8 Å². The molecule has 0 aromatic carbocycles. The number of hydrogen-bond donors (Lipinski definition) is 1. The highest BCUT2D eigenvalue weighted by Crippen LogP contribution is 2.36. The Hall–Kier alpha value is -0.320. The number of ether oxygens (including phenoxy) is 1. The Morgan fingerprint density at radius 1 is 1.11 bits per heavy atom. The number of rotatable bonds is 1. The Morgan fingerprint density at radius 3 is 2.53 bits per heavy atom. The van der Waals surface area contributed by atoms with E-state index in [9.17, 15) is 4.79 Å². The number of carbonyl (C=O) groups excluding carboxylic acids is 1. The molecule has 1 aliphatic carbocycles. The summed E-state index contributed by atoms with van der Waals surface area (Å²) in [5.74, 6) is 1.79. The van der Waals surface area contributed by atoms with Crippen molar-refractivity contribution in [1.29, 1.82) is 0 Å². The lowest BCUT2D eigenvalue weighted by Gasteiger charge is -2.29. The van der Waals surface area contributed by atoms with Crippen LogP contribution in [0.25, 0.3) is 0 Å². The third-order valence-electron chi connectivity index (χ3n) is 5.04. The molecule has 2 N–H and O–H groups in total. The van der Waals surface area contributed by atoms with E-state index in [2.05, 4.69) is 4.90 Å². The van der Waals surface area contributed by atoms with Gasteiger partial charge in [0.15, 0.2) is 0 Å². The van der Waals surface area contributed by atoms with Crippen molar-refractivity contribution in [3.05, 3.63) is 0 Å². The summed E-state index contributed by atoms with van der Waals surface area (Å²) < 4.78 is 5.33. The standard InChI is InChI=1S/C14H24N2O2.ClH/c15-13-3-1-2-11-8-16(9-12(11)13)14(17)10-4-6-18-7-5-10;/h10-13H,1-9,15H2;1H. The molecule has 0 bridgehead atoms. The SMILES string of the molecule is Cl.NC1CCCC2CN(C(=O)C3CCOCC3)CC12. The predicted octanol–water partition coefficient (Wildman–Crippen LogP) is 1.42. The first-order valence-electron chi connectivity index (χ1n) is 7.38. The molecule has 2 heterocycles. The van der Waals surface area contributed by atoms with Gasteiger partial charge in [0.1, 0.15) is 0 Å². The van der Waals surface area contributed by atoms with E-state index in [1.807, 2.05) is 0 Å². The van der Waals surface area contributed by atoms with Gasteiger partial charge in [-0.15, -0.1) is 12.4 Å². The van der Waals surface area contributed by atoms with E-state index in [1.165, 1.54) is 12.8 Å². The molecule has 3 aliphatic rings. The van der Waals surface area contributed by atoms with Crippen LogP contribution in [0.1, 0.15) is 32.1 Å². The summed E-state index contributed by atoms with van der Waals surface area (Å²) in [5, 5.41) is 0. The maximum atomic E-state index is 12.5. The second kappa shape index (κ2) is 6.42. The number of nitrogens with zero attached hydrogens (tertiary/aromatic N) is 1. The molecule has 1 saturated carbocycles. The van der Waals surface area contributed by atoms with Crippen molar-refractivity contribution in [3.63, 3.8) is 0 Å². The van der Waals surface area contributed by atoms with E-state index < -0.39 is 0 Å². The van der Waals surface area contributed by atoms with Crippen molar-refractivity contribution in [2.45, 2.75) is 38.1 Å². The van der Waals surface area contributed by atoms with Crippen LogP contribution >= 0.6 is 12.4 Å². The van der Waals surface area contributed by atoms with Gasteiger partial charge in [-0.2, -0.15) is 0 Å². The summed E-state index contributed by atoms with van der Waals surface area (Å²) in [5.41, 5.74) is 6.20. The van der Waals surface area contributed by atoms with E-state index in [0.717, 1.165) is 45.6 Å². The summed E-state index contributed by atoms with van der Waals surface area (Å²) >= 11 is 0. The van der Waals surface area contributed by atoms with Gasteiger partial charge in [0.25, 0.3) is 0 Å². The first-order valence-corrected chi connectivity index (χ1v) is 7.38. The smallest absolute Gasteiger partial charge is 0.225 e. The Labute approximate surface area is 121 Å². The quantitative estimate of drug-likeness (QED) is 0.794. The zero-order valence-electron chi connectivity index (χ0n) is 11.4. The number of carbonyl (C=O) groups is 1. The van der Waals surface area contributed by atoms with Crippen LogP contribution in [-0.2, 0) is 9.53 Å². The molecule has 110 valence electrons. The van der Waals surface area contributed by atoms with Gasteiger partial charge in [-0.1, -0.05) is 6.42 Å². The lowest BCUT2D eigenvalue weighted by Crippen LogP contribution is -2.40. The molecule has 0 aromatic rings. The minimum atomic E-state index is 0. The largest absolute Gasteiger partial charge is 0.381 e. The highest BCUT2D eigenvalue weighted by atomic mass is 35.5. The van der Waals surface area contributed by atoms with E-state index in [1.54, 1.807) is 0 Å². The summed E-state index contributed by atoms with van der Waals surface area (Å²) in [6, 6.07) is 0.316. The molecule has 0 spiro atoms. The number of hydrogen-bond acceptors (Lipinski definition) is 3. The Kier molecular flexibility index (Phi) is 5.09. The van der Waals surface area contributed by atoms with Crippen molar-refractivity contribution in [2.75, 3.05) is 26.3 Å². The van der Waals surface area contributed by atoms with Crippen LogP contribution in [0.5, 0.6) is 0 Å². The number of likely N-dealkylation sites (tertiary alicyclic amines) is 1. The summed E-state index contributed by atoms with van der Waals surface area (Å²) in [6.07, 6.45) is 5.44. The summed E-state index contributed by atoms with van der Waals surface area (Å²) in [4.78, 5) is 14.6. The monoisotopic (exact) mass is 288 g/mol. The van der Waals surface area contributed by atoms with Gasteiger partial charge < -0.3 is 15.4 Å². The molecule has 5 heteroatoms. The van der Waals surface area contributed by atoms with Crippen LogP contribution in [0, 0.1) is 17.8 Å². The fourth-order valence-corrected chi connectivity index (χ4v) is 3.90. The van der Waals surface area contributed by atoms with Crippen LogP contribution in [0.3, 0.4) is 0 Å². The van der Waals surface area contributed by atoms with Gasteiger partial charge in [-0.3, -0.25) is 4.79 Å². The first kappa shape index (κ1) is 15.1. The zero-order valence-corrected chi connectivity index (χ0v) is 12.2.